The fourth-order valence-corrected chi connectivity index (χ4v) is 1.76. The van der Waals surface area contributed by atoms with E-state index in [0.29, 0.717) is 5.56 Å². The summed E-state index contributed by atoms with van der Waals surface area (Å²) in [4.78, 5) is 11.7. The number of halogens is 1. The van der Waals surface area contributed by atoms with E-state index in [2.05, 4.69) is 11.2 Å². The highest BCUT2D eigenvalue weighted by atomic mass is 19.1. The van der Waals surface area contributed by atoms with Crippen LogP contribution in [-0.2, 0) is 11.3 Å². The van der Waals surface area contributed by atoms with Crippen LogP contribution >= 0.6 is 0 Å². The largest absolute Gasteiger partial charge is 0.445 e. The zero-order valence-electron chi connectivity index (χ0n) is 11.3. The molecule has 2 aromatic rings. The summed E-state index contributed by atoms with van der Waals surface area (Å²) in [6.45, 7) is 0.160. The van der Waals surface area contributed by atoms with Gasteiger partial charge in [-0.3, -0.25) is 0 Å². The first kappa shape index (κ1) is 14.6. The SMILES string of the molecule is C#CC(NC(=O)OCc1ccccc1)c1ccc(F)cc1. The monoisotopic (exact) mass is 283 g/mol. The average molecular weight is 283 g/mol. The smallest absolute Gasteiger partial charge is 0.408 e. The lowest BCUT2D eigenvalue weighted by Crippen LogP contribution is -2.28. The lowest BCUT2D eigenvalue weighted by molar-refractivity contribution is 0.138. The third kappa shape index (κ3) is 4.36. The first-order chi connectivity index (χ1) is 10.2. The number of ether oxygens (including phenoxy) is 1. The van der Waals surface area contributed by atoms with E-state index in [4.69, 9.17) is 11.2 Å². The highest BCUT2D eigenvalue weighted by molar-refractivity contribution is 5.68. The third-order valence-corrected chi connectivity index (χ3v) is 2.84. The Balaban J connectivity index is 1.91. The van der Waals surface area contributed by atoms with Gasteiger partial charge in [-0.25, -0.2) is 9.18 Å². The third-order valence-electron chi connectivity index (χ3n) is 2.84. The molecule has 2 aromatic carbocycles. The molecule has 1 atom stereocenters. The number of benzene rings is 2. The van der Waals surface area contributed by atoms with E-state index in [1.54, 1.807) is 0 Å². The van der Waals surface area contributed by atoms with Crippen molar-refractivity contribution in [2.75, 3.05) is 0 Å². The van der Waals surface area contributed by atoms with Crippen molar-refractivity contribution in [3.63, 3.8) is 0 Å². The maximum atomic E-state index is 12.9. The normalized spacial score (nSPS) is 11.2. The first-order valence-electron chi connectivity index (χ1n) is 6.38. The van der Waals surface area contributed by atoms with Crippen LogP contribution < -0.4 is 5.32 Å². The minimum Gasteiger partial charge on any atom is -0.445 e. The molecule has 1 unspecified atom stereocenters. The van der Waals surface area contributed by atoms with Crippen molar-refractivity contribution in [3.05, 3.63) is 71.5 Å². The van der Waals surface area contributed by atoms with Crippen molar-refractivity contribution in [1.82, 2.24) is 5.32 Å². The van der Waals surface area contributed by atoms with Crippen molar-refractivity contribution in [3.8, 4) is 12.3 Å². The molecular weight excluding hydrogens is 269 g/mol. The molecule has 0 aliphatic carbocycles. The van der Waals surface area contributed by atoms with E-state index in [9.17, 15) is 9.18 Å². The second-order valence-corrected chi connectivity index (χ2v) is 4.36. The summed E-state index contributed by atoms with van der Waals surface area (Å²) in [5.74, 6) is 2.07. The van der Waals surface area contributed by atoms with Gasteiger partial charge in [0.15, 0.2) is 0 Å². The number of carbonyl (C=O) groups is 1. The fourth-order valence-electron chi connectivity index (χ4n) is 1.76. The summed E-state index contributed by atoms with van der Waals surface area (Å²) in [7, 11) is 0. The molecule has 1 amide bonds. The molecule has 0 saturated carbocycles. The Hall–Kier alpha value is -2.80. The van der Waals surface area contributed by atoms with E-state index in [0.717, 1.165) is 5.56 Å². The Morgan fingerprint density at radius 2 is 1.86 bits per heavy atom. The second kappa shape index (κ2) is 7.11. The van der Waals surface area contributed by atoms with Crippen LogP contribution in [0, 0.1) is 18.2 Å². The van der Waals surface area contributed by atoms with Gasteiger partial charge in [0.2, 0.25) is 0 Å². The summed E-state index contributed by atoms with van der Waals surface area (Å²) in [5.41, 5.74) is 1.50. The van der Waals surface area contributed by atoms with E-state index in [-0.39, 0.29) is 12.4 Å². The van der Waals surface area contributed by atoms with E-state index in [1.165, 1.54) is 24.3 Å². The van der Waals surface area contributed by atoms with Gasteiger partial charge in [0.25, 0.3) is 0 Å². The molecule has 0 aliphatic rings. The number of rotatable bonds is 4. The van der Waals surface area contributed by atoms with Crippen molar-refractivity contribution < 1.29 is 13.9 Å². The van der Waals surface area contributed by atoms with Crippen LogP contribution in [0.3, 0.4) is 0 Å². The number of terminal acetylenes is 1. The second-order valence-electron chi connectivity index (χ2n) is 4.36. The molecule has 0 aromatic heterocycles. The van der Waals surface area contributed by atoms with Crippen LogP contribution in [0.25, 0.3) is 0 Å². The van der Waals surface area contributed by atoms with Crippen LogP contribution in [-0.4, -0.2) is 6.09 Å². The summed E-state index contributed by atoms with van der Waals surface area (Å²) >= 11 is 0. The Labute approximate surface area is 122 Å². The molecule has 0 spiro atoms. The number of amides is 1. The molecule has 0 bridgehead atoms. The highest BCUT2D eigenvalue weighted by Gasteiger charge is 2.12. The fraction of sp³-hybridized carbons (Fsp3) is 0.118. The minimum absolute atomic E-state index is 0.160. The molecule has 1 N–H and O–H groups in total. The van der Waals surface area contributed by atoms with Crippen molar-refractivity contribution in [2.45, 2.75) is 12.6 Å². The van der Waals surface area contributed by atoms with Gasteiger partial charge in [-0.15, -0.1) is 6.42 Å². The number of hydrogen-bond donors (Lipinski definition) is 1. The predicted molar refractivity (Wildman–Crippen MR) is 77.7 cm³/mol. The van der Waals surface area contributed by atoms with E-state index < -0.39 is 12.1 Å². The van der Waals surface area contributed by atoms with Crippen LogP contribution in [0.2, 0.25) is 0 Å². The molecular formula is C17H14FNO2. The van der Waals surface area contributed by atoms with Gasteiger partial charge >= 0.3 is 6.09 Å². The van der Waals surface area contributed by atoms with Crippen LogP contribution in [0.1, 0.15) is 17.2 Å². The van der Waals surface area contributed by atoms with Gasteiger partial charge in [0.05, 0.1) is 0 Å². The zero-order chi connectivity index (χ0) is 15.1. The number of alkyl carbamates (subject to hydrolysis) is 1. The number of carbonyl (C=O) groups excluding carboxylic acids is 1. The first-order valence-corrected chi connectivity index (χ1v) is 6.38. The number of hydrogen-bond acceptors (Lipinski definition) is 2. The van der Waals surface area contributed by atoms with Crippen LogP contribution in [0.15, 0.2) is 54.6 Å². The van der Waals surface area contributed by atoms with Gasteiger partial charge in [-0.2, -0.15) is 0 Å². The predicted octanol–water partition coefficient (Wildman–Crippen LogP) is 3.43. The number of nitrogens with one attached hydrogen (secondary N) is 1. The van der Waals surface area contributed by atoms with Crippen molar-refractivity contribution in [1.29, 1.82) is 0 Å². The Morgan fingerprint density at radius 3 is 2.48 bits per heavy atom. The van der Waals surface area contributed by atoms with Gasteiger partial charge in [0.1, 0.15) is 18.5 Å². The van der Waals surface area contributed by atoms with Gasteiger partial charge in [-0.05, 0) is 23.3 Å². The maximum absolute atomic E-state index is 12.9. The van der Waals surface area contributed by atoms with E-state index >= 15 is 0 Å². The van der Waals surface area contributed by atoms with Crippen molar-refractivity contribution in [2.24, 2.45) is 0 Å². The van der Waals surface area contributed by atoms with Crippen LogP contribution in [0.5, 0.6) is 0 Å². The zero-order valence-corrected chi connectivity index (χ0v) is 11.3. The summed E-state index contributed by atoms with van der Waals surface area (Å²) < 4.78 is 17.9. The van der Waals surface area contributed by atoms with Gasteiger partial charge in [0, 0.05) is 0 Å². The van der Waals surface area contributed by atoms with Crippen LogP contribution in [0.4, 0.5) is 9.18 Å². The Kier molecular flexibility index (Phi) is 4.94. The summed E-state index contributed by atoms with van der Waals surface area (Å²) in [5, 5.41) is 2.55. The Morgan fingerprint density at radius 1 is 1.19 bits per heavy atom. The topological polar surface area (TPSA) is 38.3 Å². The molecule has 2 rings (SSSR count). The maximum Gasteiger partial charge on any atom is 0.408 e. The minimum atomic E-state index is -0.658. The standard InChI is InChI=1S/C17H14FNO2/c1-2-16(14-8-10-15(18)11-9-14)19-17(20)21-12-13-6-4-3-5-7-13/h1,3-11,16H,12H2,(H,19,20). The molecule has 0 radical (unpaired) electrons. The molecule has 4 heteroatoms. The average Bonchev–Trinajstić information content (AvgIpc) is 2.52. The molecule has 3 nitrogen and oxygen atoms in total. The lowest BCUT2D eigenvalue weighted by Gasteiger charge is -2.13. The quantitative estimate of drug-likeness (QED) is 0.873. The molecule has 21 heavy (non-hydrogen) atoms. The highest BCUT2D eigenvalue weighted by Crippen LogP contribution is 2.13. The molecule has 0 heterocycles. The van der Waals surface area contributed by atoms with Crippen molar-refractivity contribution >= 4 is 6.09 Å². The van der Waals surface area contributed by atoms with E-state index in [1.807, 2.05) is 30.3 Å². The summed E-state index contributed by atoms with van der Waals surface area (Å²) in [6, 6.07) is 14.3. The lowest BCUT2D eigenvalue weighted by atomic mass is 10.1. The molecule has 0 saturated heterocycles. The Bertz CT molecular complexity index is 632. The summed E-state index contributed by atoms with van der Waals surface area (Å²) in [6.07, 6.45) is 4.77. The molecule has 106 valence electrons. The van der Waals surface area contributed by atoms with Gasteiger partial charge < -0.3 is 10.1 Å². The van der Waals surface area contributed by atoms with Gasteiger partial charge in [-0.1, -0.05) is 48.4 Å². The molecule has 0 fully saturated rings. The molecule has 0 aliphatic heterocycles.